The van der Waals surface area contributed by atoms with E-state index in [-0.39, 0.29) is 5.91 Å². The molecule has 4 nitrogen and oxygen atoms in total. The van der Waals surface area contributed by atoms with Crippen LogP contribution in [0.4, 0.5) is 0 Å². The van der Waals surface area contributed by atoms with Crippen LogP contribution in [0.2, 0.25) is 0 Å². The molecule has 0 aliphatic carbocycles. The third-order valence-corrected chi connectivity index (χ3v) is 6.11. The molecule has 0 aromatic heterocycles. The second kappa shape index (κ2) is 10.5. The van der Waals surface area contributed by atoms with Gasteiger partial charge in [-0.2, -0.15) is 0 Å². The average Bonchev–Trinajstić information content (AvgIpc) is 2.74. The lowest BCUT2D eigenvalue weighted by molar-refractivity contribution is 0.0935. The SMILES string of the molecule is CCOc1ccc(C(=O)NCC2CCN(Cc3ccccc3SC)CC2)cc1. The second-order valence-corrected chi connectivity index (χ2v) is 8.05. The number of carbonyl (C=O) groups excluding carboxylic acids is 1. The number of nitrogens with one attached hydrogen (secondary N) is 1. The number of hydrogen-bond donors (Lipinski definition) is 1. The molecule has 0 radical (unpaired) electrons. The molecule has 0 unspecified atom stereocenters. The largest absolute Gasteiger partial charge is 0.494 e. The number of ether oxygens (including phenoxy) is 1. The summed E-state index contributed by atoms with van der Waals surface area (Å²) in [5, 5.41) is 3.10. The number of hydrogen-bond acceptors (Lipinski definition) is 4. The molecule has 0 spiro atoms. The van der Waals surface area contributed by atoms with Crippen molar-refractivity contribution < 1.29 is 9.53 Å². The average molecular weight is 399 g/mol. The molecule has 5 heteroatoms. The highest BCUT2D eigenvalue weighted by Crippen LogP contribution is 2.24. The zero-order valence-electron chi connectivity index (χ0n) is 16.8. The van der Waals surface area contributed by atoms with Crippen LogP contribution in [0.1, 0.15) is 35.7 Å². The van der Waals surface area contributed by atoms with Crippen LogP contribution in [0.5, 0.6) is 5.75 Å². The summed E-state index contributed by atoms with van der Waals surface area (Å²) < 4.78 is 5.43. The smallest absolute Gasteiger partial charge is 0.251 e. The van der Waals surface area contributed by atoms with Gasteiger partial charge in [-0.05, 0) is 80.9 Å². The quantitative estimate of drug-likeness (QED) is 0.667. The molecule has 2 aromatic rings. The Balaban J connectivity index is 1.42. The van der Waals surface area contributed by atoms with Gasteiger partial charge in [0.1, 0.15) is 5.75 Å². The van der Waals surface area contributed by atoms with Gasteiger partial charge >= 0.3 is 0 Å². The van der Waals surface area contributed by atoms with Crippen molar-refractivity contribution >= 4 is 17.7 Å². The van der Waals surface area contributed by atoms with Crippen molar-refractivity contribution in [3.8, 4) is 5.75 Å². The van der Waals surface area contributed by atoms with E-state index in [1.165, 1.54) is 10.5 Å². The number of carbonyl (C=O) groups is 1. The van der Waals surface area contributed by atoms with E-state index in [1.807, 2.05) is 43.0 Å². The Morgan fingerprint density at radius 1 is 1.14 bits per heavy atom. The predicted molar refractivity (Wildman–Crippen MR) is 116 cm³/mol. The molecule has 1 aliphatic heterocycles. The lowest BCUT2D eigenvalue weighted by Gasteiger charge is -2.32. The van der Waals surface area contributed by atoms with Gasteiger partial charge in [0, 0.05) is 23.5 Å². The first-order valence-electron chi connectivity index (χ1n) is 10.0. The lowest BCUT2D eigenvalue weighted by atomic mass is 9.96. The maximum absolute atomic E-state index is 12.4. The standard InChI is InChI=1S/C23H30N2O2S/c1-3-27-21-10-8-19(9-11-21)23(26)24-16-18-12-14-25(15-13-18)17-20-6-4-5-7-22(20)28-2/h4-11,18H,3,12-17H2,1-2H3,(H,24,26). The van der Waals surface area contributed by atoms with Gasteiger partial charge in [-0.1, -0.05) is 18.2 Å². The first-order valence-corrected chi connectivity index (χ1v) is 11.3. The zero-order chi connectivity index (χ0) is 19.8. The van der Waals surface area contributed by atoms with E-state index >= 15 is 0 Å². The van der Waals surface area contributed by atoms with E-state index in [9.17, 15) is 4.79 Å². The minimum atomic E-state index is -0.000578. The Morgan fingerprint density at radius 2 is 1.86 bits per heavy atom. The van der Waals surface area contributed by atoms with Gasteiger partial charge in [0.05, 0.1) is 6.61 Å². The topological polar surface area (TPSA) is 41.6 Å². The number of rotatable bonds is 8. The molecule has 28 heavy (non-hydrogen) atoms. The fourth-order valence-corrected chi connectivity index (χ4v) is 4.24. The van der Waals surface area contributed by atoms with Crippen molar-refractivity contribution in [2.45, 2.75) is 31.2 Å². The monoisotopic (exact) mass is 398 g/mol. The Labute approximate surface area is 172 Å². The summed E-state index contributed by atoms with van der Waals surface area (Å²) in [6.45, 7) is 6.53. The van der Waals surface area contributed by atoms with E-state index in [0.29, 0.717) is 18.1 Å². The van der Waals surface area contributed by atoms with Gasteiger partial charge < -0.3 is 10.1 Å². The van der Waals surface area contributed by atoms with Crippen molar-refractivity contribution in [1.29, 1.82) is 0 Å². The molecule has 1 N–H and O–H groups in total. The van der Waals surface area contributed by atoms with Gasteiger partial charge in [-0.3, -0.25) is 9.69 Å². The maximum Gasteiger partial charge on any atom is 0.251 e. The minimum Gasteiger partial charge on any atom is -0.494 e. The Hall–Kier alpha value is -1.98. The number of benzene rings is 2. The predicted octanol–water partition coefficient (Wildman–Crippen LogP) is 4.45. The first-order chi connectivity index (χ1) is 13.7. The number of thioether (sulfide) groups is 1. The van der Waals surface area contributed by atoms with E-state index in [1.54, 1.807) is 0 Å². The zero-order valence-corrected chi connectivity index (χ0v) is 17.6. The number of nitrogens with zero attached hydrogens (tertiary/aromatic N) is 1. The molecule has 1 amide bonds. The van der Waals surface area contributed by atoms with E-state index in [0.717, 1.165) is 44.8 Å². The van der Waals surface area contributed by atoms with E-state index < -0.39 is 0 Å². The fraction of sp³-hybridized carbons (Fsp3) is 0.435. The summed E-state index contributed by atoms with van der Waals surface area (Å²) in [5.74, 6) is 1.35. The van der Waals surface area contributed by atoms with Crippen LogP contribution in [-0.4, -0.2) is 43.3 Å². The van der Waals surface area contributed by atoms with Crippen molar-refractivity contribution in [3.63, 3.8) is 0 Å². The second-order valence-electron chi connectivity index (χ2n) is 7.20. The molecule has 1 heterocycles. The summed E-state index contributed by atoms with van der Waals surface area (Å²) in [6.07, 6.45) is 4.40. The third kappa shape index (κ3) is 5.76. The van der Waals surface area contributed by atoms with E-state index in [2.05, 4.69) is 40.7 Å². The molecule has 0 saturated carbocycles. The van der Waals surface area contributed by atoms with Crippen LogP contribution in [-0.2, 0) is 6.54 Å². The summed E-state index contributed by atoms with van der Waals surface area (Å²) in [7, 11) is 0. The number of piperidine rings is 1. The van der Waals surface area contributed by atoms with Gasteiger partial charge in [0.25, 0.3) is 5.91 Å². The molecule has 2 aromatic carbocycles. The normalized spacial score (nSPS) is 15.4. The molecule has 150 valence electrons. The number of amides is 1. The van der Waals surface area contributed by atoms with Gasteiger partial charge in [0.15, 0.2) is 0 Å². The van der Waals surface area contributed by atoms with Gasteiger partial charge in [0.2, 0.25) is 0 Å². The summed E-state index contributed by atoms with van der Waals surface area (Å²) >= 11 is 1.82. The fourth-order valence-electron chi connectivity index (χ4n) is 3.63. The van der Waals surface area contributed by atoms with Crippen molar-refractivity contribution in [3.05, 3.63) is 59.7 Å². The Kier molecular flexibility index (Phi) is 7.80. The molecular formula is C23H30N2O2S. The molecule has 0 bridgehead atoms. The van der Waals surface area contributed by atoms with Crippen LogP contribution >= 0.6 is 11.8 Å². The molecule has 1 fully saturated rings. The van der Waals surface area contributed by atoms with Crippen LogP contribution in [0.3, 0.4) is 0 Å². The highest BCUT2D eigenvalue weighted by Gasteiger charge is 2.20. The molecule has 0 atom stereocenters. The summed E-state index contributed by atoms with van der Waals surface area (Å²) in [4.78, 5) is 16.3. The van der Waals surface area contributed by atoms with E-state index in [4.69, 9.17) is 4.74 Å². The summed E-state index contributed by atoms with van der Waals surface area (Å²) in [6, 6.07) is 16.0. The Bertz CT molecular complexity index is 755. The Morgan fingerprint density at radius 3 is 2.54 bits per heavy atom. The minimum absolute atomic E-state index is 0.000578. The molecular weight excluding hydrogens is 368 g/mol. The van der Waals surface area contributed by atoms with Gasteiger partial charge in [-0.15, -0.1) is 11.8 Å². The van der Waals surface area contributed by atoms with Crippen molar-refractivity contribution in [2.75, 3.05) is 32.5 Å². The first kappa shape index (κ1) is 20.7. The van der Waals surface area contributed by atoms with Crippen LogP contribution in [0, 0.1) is 5.92 Å². The highest BCUT2D eigenvalue weighted by atomic mass is 32.2. The number of likely N-dealkylation sites (tertiary alicyclic amines) is 1. The third-order valence-electron chi connectivity index (χ3n) is 5.27. The maximum atomic E-state index is 12.4. The lowest BCUT2D eigenvalue weighted by Crippen LogP contribution is -2.38. The van der Waals surface area contributed by atoms with Crippen molar-refractivity contribution in [1.82, 2.24) is 10.2 Å². The molecule has 1 aliphatic rings. The molecule has 3 rings (SSSR count). The van der Waals surface area contributed by atoms with Crippen LogP contribution in [0.15, 0.2) is 53.4 Å². The molecule has 1 saturated heterocycles. The van der Waals surface area contributed by atoms with Gasteiger partial charge in [-0.25, -0.2) is 0 Å². The van der Waals surface area contributed by atoms with Crippen LogP contribution < -0.4 is 10.1 Å². The van der Waals surface area contributed by atoms with Crippen LogP contribution in [0.25, 0.3) is 0 Å². The highest BCUT2D eigenvalue weighted by molar-refractivity contribution is 7.98. The summed E-state index contributed by atoms with van der Waals surface area (Å²) in [5.41, 5.74) is 2.10. The van der Waals surface area contributed by atoms with Crippen molar-refractivity contribution in [2.24, 2.45) is 5.92 Å².